The van der Waals surface area contributed by atoms with Gasteiger partial charge >= 0.3 is 30.7 Å². The molecule has 194 valence electrons. The van der Waals surface area contributed by atoms with Gasteiger partial charge in [0.05, 0.1) is 28.8 Å². The van der Waals surface area contributed by atoms with Crippen molar-refractivity contribution in [2.24, 2.45) is 0 Å². The fourth-order valence-electron chi connectivity index (χ4n) is 3.10. The van der Waals surface area contributed by atoms with Gasteiger partial charge in [0.25, 0.3) is 0 Å². The zero-order valence-corrected chi connectivity index (χ0v) is 16.9. The van der Waals surface area contributed by atoms with Gasteiger partial charge < -0.3 is 5.11 Å². The zero-order chi connectivity index (χ0) is 27.0. The molecule has 0 unspecified atom stereocenters. The van der Waals surface area contributed by atoms with Gasteiger partial charge in [-0.3, -0.25) is 9.69 Å². The molecule has 0 fully saturated rings. The Balaban J connectivity index is 2.53. The Morgan fingerprint density at radius 1 is 0.571 bits per heavy atom. The summed E-state index contributed by atoms with van der Waals surface area (Å²) in [5, 5.41) is 9.01. The van der Waals surface area contributed by atoms with Gasteiger partial charge in [-0.2, -0.15) is 52.7 Å². The third-order valence-corrected chi connectivity index (χ3v) is 4.47. The number of aliphatic carboxylic acids is 1. The molecule has 0 aliphatic heterocycles. The molecule has 0 radical (unpaired) electrons. The topological polar surface area (TPSA) is 40.5 Å². The van der Waals surface area contributed by atoms with E-state index in [1.807, 2.05) is 0 Å². The Kier molecular flexibility index (Phi) is 7.74. The average Bonchev–Trinajstić information content (AvgIpc) is 2.64. The van der Waals surface area contributed by atoms with Crippen molar-refractivity contribution in [3.63, 3.8) is 0 Å². The van der Waals surface area contributed by atoms with Crippen LogP contribution in [0.1, 0.15) is 33.4 Å². The summed E-state index contributed by atoms with van der Waals surface area (Å²) in [5.41, 5.74) is -8.33. The molecule has 3 nitrogen and oxygen atoms in total. The van der Waals surface area contributed by atoms with Gasteiger partial charge in [-0.15, -0.1) is 0 Å². The minimum Gasteiger partial charge on any atom is -0.480 e. The number of hydrogen-bond donors (Lipinski definition) is 1. The van der Waals surface area contributed by atoms with Crippen LogP contribution in [0.25, 0.3) is 0 Å². The number of nitrogens with zero attached hydrogens (tertiary/aromatic N) is 1. The predicted molar refractivity (Wildman–Crippen MR) is 94.6 cm³/mol. The van der Waals surface area contributed by atoms with Crippen LogP contribution < -0.4 is 0 Å². The highest BCUT2D eigenvalue weighted by Crippen LogP contribution is 2.38. The van der Waals surface area contributed by atoms with Crippen LogP contribution in [-0.2, 0) is 42.6 Å². The first-order chi connectivity index (χ1) is 15.7. The van der Waals surface area contributed by atoms with E-state index in [1.54, 1.807) is 0 Å². The number of hydrogen-bond acceptors (Lipinski definition) is 2. The van der Waals surface area contributed by atoms with Gasteiger partial charge in [0.2, 0.25) is 0 Å². The minimum atomic E-state index is -5.23. The van der Waals surface area contributed by atoms with E-state index in [1.165, 1.54) is 0 Å². The molecule has 0 heterocycles. The molecule has 0 bridgehead atoms. The molecule has 0 aliphatic carbocycles. The lowest BCUT2D eigenvalue weighted by molar-refractivity contribution is -0.144. The molecule has 0 spiro atoms. The van der Waals surface area contributed by atoms with Crippen LogP contribution in [0.15, 0.2) is 36.4 Å². The van der Waals surface area contributed by atoms with E-state index in [4.69, 9.17) is 5.11 Å². The molecule has 0 aliphatic rings. The first-order valence-corrected chi connectivity index (χ1v) is 9.17. The predicted octanol–water partition coefficient (Wildman–Crippen LogP) is 6.85. The second-order valence-electron chi connectivity index (χ2n) is 7.37. The summed E-state index contributed by atoms with van der Waals surface area (Å²) in [4.78, 5) is 11.7. The van der Waals surface area contributed by atoms with Crippen molar-refractivity contribution < 1.29 is 62.6 Å². The van der Waals surface area contributed by atoms with Crippen LogP contribution in [0.3, 0.4) is 0 Å². The standard InChI is InChI=1S/C20H13F12NO2/c21-17(22,23)12-1-10(2-13(5-12)18(24,25)26)7-33(9-16(34)35)8-11-3-14(19(27,28)29)6-15(4-11)20(30,31)32/h1-6H,7-9H2,(H,34,35). The first kappa shape index (κ1) is 28.3. The van der Waals surface area contributed by atoms with Gasteiger partial charge in [0.15, 0.2) is 0 Å². The highest BCUT2D eigenvalue weighted by atomic mass is 19.4. The van der Waals surface area contributed by atoms with E-state index >= 15 is 0 Å². The van der Waals surface area contributed by atoms with Crippen LogP contribution in [0, 0.1) is 0 Å². The fourth-order valence-corrected chi connectivity index (χ4v) is 3.10. The van der Waals surface area contributed by atoms with Crippen LogP contribution in [-0.4, -0.2) is 22.5 Å². The Labute approximate surface area is 188 Å². The highest BCUT2D eigenvalue weighted by molar-refractivity contribution is 5.69. The number of carboxylic acids is 1. The maximum atomic E-state index is 13.1. The van der Waals surface area contributed by atoms with E-state index < -0.39 is 83.7 Å². The molecular weight excluding hydrogens is 514 g/mol. The Morgan fingerprint density at radius 3 is 1.03 bits per heavy atom. The summed E-state index contributed by atoms with van der Waals surface area (Å²) in [6, 6.07) is 0.727. The summed E-state index contributed by atoms with van der Waals surface area (Å²) >= 11 is 0. The van der Waals surface area contributed by atoms with E-state index in [0.717, 1.165) is 0 Å². The van der Waals surface area contributed by atoms with Crippen LogP contribution in [0.2, 0.25) is 0 Å². The molecule has 0 atom stereocenters. The number of alkyl halides is 12. The third-order valence-electron chi connectivity index (χ3n) is 4.47. The molecule has 35 heavy (non-hydrogen) atoms. The van der Waals surface area contributed by atoms with Gasteiger partial charge in [-0.1, -0.05) is 0 Å². The Hall–Kier alpha value is -2.97. The minimum absolute atomic E-state index is 0.187. The molecule has 2 aromatic rings. The lowest BCUT2D eigenvalue weighted by Gasteiger charge is -2.23. The molecular formula is C20H13F12NO2. The van der Waals surface area contributed by atoms with E-state index in [0.29, 0.717) is 4.90 Å². The SMILES string of the molecule is O=C(O)CN(Cc1cc(C(F)(F)F)cc(C(F)(F)F)c1)Cc1cc(C(F)(F)F)cc(C(F)(F)F)c1. The van der Waals surface area contributed by atoms with E-state index in [2.05, 4.69) is 0 Å². The molecule has 0 amide bonds. The smallest absolute Gasteiger partial charge is 0.416 e. The number of carboxylic acid groups (broad SMARTS) is 1. The van der Waals surface area contributed by atoms with Gasteiger partial charge in [-0.25, -0.2) is 0 Å². The van der Waals surface area contributed by atoms with Crippen LogP contribution in [0.4, 0.5) is 52.7 Å². The fraction of sp³-hybridized carbons (Fsp3) is 0.350. The number of benzene rings is 2. The maximum absolute atomic E-state index is 13.1. The summed E-state index contributed by atoms with van der Waals surface area (Å²) < 4.78 is 157. The van der Waals surface area contributed by atoms with Gasteiger partial charge in [0, 0.05) is 13.1 Å². The Morgan fingerprint density at radius 2 is 0.829 bits per heavy atom. The quantitative estimate of drug-likeness (QED) is 0.418. The largest absolute Gasteiger partial charge is 0.480 e. The highest BCUT2D eigenvalue weighted by Gasteiger charge is 2.38. The van der Waals surface area contributed by atoms with Gasteiger partial charge in [-0.05, 0) is 47.5 Å². The molecule has 2 rings (SSSR count). The van der Waals surface area contributed by atoms with Crippen molar-refractivity contribution in [1.29, 1.82) is 0 Å². The molecule has 1 N–H and O–H groups in total. The van der Waals surface area contributed by atoms with Crippen molar-refractivity contribution in [1.82, 2.24) is 4.90 Å². The summed E-state index contributed by atoms with van der Waals surface area (Å²) in [7, 11) is 0. The molecule has 0 saturated heterocycles. The molecule has 0 aromatic heterocycles. The summed E-state index contributed by atoms with van der Waals surface area (Å²) in [6.45, 7) is -3.04. The number of halogens is 12. The van der Waals surface area contributed by atoms with Crippen molar-refractivity contribution in [2.75, 3.05) is 6.54 Å². The monoisotopic (exact) mass is 527 g/mol. The molecule has 0 saturated carbocycles. The van der Waals surface area contributed by atoms with E-state index in [-0.39, 0.29) is 36.4 Å². The second-order valence-corrected chi connectivity index (χ2v) is 7.37. The number of rotatable bonds is 6. The van der Waals surface area contributed by atoms with Gasteiger partial charge in [0.1, 0.15) is 0 Å². The van der Waals surface area contributed by atoms with E-state index in [9.17, 15) is 57.5 Å². The first-order valence-electron chi connectivity index (χ1n) is 9.17. The van der Waals surface area contributed by atoms with Crippen molar-refractivity contribution >= 4 is 5.97 Å². The lowest BCUT2D eigenvalue weighted by atomic mass is 10.0. The second kappa shape index (κ2) is 9.59. The number of carbonyl (C=O) groups is 1. The molecule has 15 heteroatoms. The molecule has 2 aromatic carbocycles. The Bertz CT molecular complexity index is 926. The average molecular weight is 527 g/mol. The summed E-state index contributed by atoms with van der Waals surface area (Å²) in [6.07, 6.45) is -20.9. The van der Waals surface area contributed by atoms with Crippen molar-refractivity contribution in [3.05, 3.63) is 69.8 Å². The van der Waals surface area contributed by atoms with Crippen LogP contribution in [0.5, 0.6) is 0 Å². The summed E-state index contributed by atoms with van der Waals surface area (Å²) in [5.74, 6) is -1.68. The zero-order valence-electron chi connectivity index (χ0n) is 16.9. The normalized spacial score (nSPS) is 13.4. The van der Waals surface area contributed by atoms with Crippen molar-refractivity contribution in [2.45, 2.75) is 37.8 Å². The maximum Gasteiger partial charge on any atom is 0.416 e. The lowest BCUT2D eigenvalue weighted by Crippen LogP contribution is -2.29. The van der Waals surface area contributed by atoms with Crippen molar-refractivity contribution in [3.8, 4) is 0 Å². The van der Waals surface area contributed by atoms with Crippen LogP contribution >= 0.6 is 0 Å². The third kappa shape index (κ3) is 8.04.